The number of pyridine rings is 1. The number of anilines is 4. The number of piperidine rings is 1. The van der Waals surface area contributed by atoms with Crippen molar-refractivity contribution in [2.45, 2.75) is 46.0 Å². The van der Waals surface area contributed by atoms with Crippen LogP contribution in [0.4, 0.5) is 23.0 Å². The van der Waals surface area contributed by atoms with Gasteiger partial charge in [0.15, 0.2) is 5.65 Å². The van der Waals surface area contributed by atoms with Gasteiger partial charge in [-0.05, 0) is 68.7 Å². The number of aromatic nitrogens is 2. The highest BCUT2D eigenvalue weighted by molar-refractivity contribution is 9.10. The Morgan fingerprint density at radius 1 is 1.08 bits per heavy atom. The zero-order valence-electron chi connectivity index (χ0n) is 21.8. The lowest BCUT2D eigenvalue weighted by atomic mass is 9.91. The number of carboxylic acids is 1. The summed E-state index contributed by atoms with van der Waals surface area (Å²) in [6, 6.07) is 6.44. The lowest BCUT2D eigenvalue weighted by Crippen LogP contribution is -2.34. The molecule has 1 aliphatic rings. The number of fused-ring (bicyclic) bond motifs is 1. The molecule has 0 atom stereocenters. The van der Waals surface area contributed by atoms with Crippen molar-refractivity contribution in [3.63, 3.8) is 0 Å². The molecule has 0 amide bonds. The molecule has 0 aliphatic carbocycles. The number of benzene rings is 1. The Bertz CT molecular complexity index is 1240. The number of carbonyl (C=O) groups is 1. The Hall–Kier alpha value is -2.94. The lowest BCUT2D eigenvalue weighted by molar-refractivity contribution is -0.137. The molecule has 0 spiro atoms. The number of aryl methyl sites for hydroxylation is 2. The van der Waals surface area contributed by atoms with Crippen molar-refractivity contribution < 1.29 is 9.90 Å². The quantitative estimate of drug-likeness (QED) is 0.256. The van der Waals surface area contributed by atoms with Crippen LogP contribution in [-0.4, -0.2) is 54.9 Å². The molecule has 4 rings (SSSR count). The monoisotopic (exact) mass is 556 g/mol. The first-order valence-electron chi connectivity index (χ1n) is 12.7. The van der Waals surface area contributed by atoms with Crippen molar-refractivity contribution in [1.29, 1.82) is 0 Å². The van der Waals surface area contributed by atoms with Gasteiger partial charge in [0.25, 0.3) is 0 Å². The minimum atomic E-state index is -0.702. The highest BCUT2D eigenvalue weighted by atomic mass is 79.9. The van der Waals surface area contributed by atoms with E-state index in [-0.39, 0.29) is 6.42 Å². The molecule has 3 heterocycles. The van der Waals surface area contributed by atoms with Crippen molar-refractivity contribution in [3.05, 3.63) is 33.8 Å². The summed E-state index contributed by atoms with van der Waals surface area (Å²) < 4.78 is 3.30. The van der Waals surface area contributed by atoms with E-state index < -0.39 is 5.97 Å². The minimum absolute atomic E-state index is 0.261. The van der Waals surface area contributed by atoms with Gasteiger partial charge in [-0.2, -0.15) is 0 Å². The van der Waals surface area contributed by atoms with Crippen LogP contribution in [0.15, 0.2) is 22.7 Å². The van der Waals surface area contributed by atoms with Crippen LogP contribution in [-0.2, 0) is 4.79 Å². The summed E-state index contributed by atoms with van der Waals surface area (Å²) in [5.41, 5.74) is 6.56. The maximum absolute atomic E-state index is 10.9. The standard InChI is InChI=1S/C27H37BrN6O2/c1-16-13-19(28)14-17(2)25(16)34-26-23(24(30-4)27(34)31-5)20(15-21(29-3)32-26)33-11-9-18(10-12-33)7-6-8-22(35)36/h13-15,18,30-31H,6-12H2,1-5H3,(H,29,32)(H,35,36). The zero-order valence-corrected chi connectivity index (χ0v) is 23.4. The van der Waals surface area contributed by atoms with Gasteiger partial charge in [-0.25, -0.2) is 4.98 Å². The molecule has 4 N–H and O–H groups in total. The second-order valence-corrected chi connectivity index (χ2v) is 10.6. The molecular formula is C27H37BrN6O2. The Labute approximate surface area is 221 Å². The molecule has 1 aliphatic heterocycles. The molecule has 8 nitrogen and oxygen atoms in total. The molecule has 0 radical (unpaired) electrons. The van der Waals surface area contributed by atoms with Crippen molar-refractivity contribution in [2.24, 2.45) is 5.92 Å². The van der Waals surface area contributed by atoms with E-state index in [9.17, 15) is 4.79 Å². The van der Waals surface area contributed by atoms with Gasteiger partial charge in [-0.15, -0.1) is 0 Å². The van der Waals surface area contributed by atoms with Crippen LogP contribution in [0, 0.1) is 19.8 Å². The van der Waals surface area contributed by atoms with Gasteiger partial charge in [0, 0.05) is 51.2 Å². The van der Waals surface area contributed by atoms with E-state index in [0.29, 0.717) is 5.92 Å². The predicted octanol–water partition coefficient (Wildman–Crippen LogP) is 6.00. The maximum Gasteiger partial charge on any atom is 0.303 e. The number of hydrogen-bond acceptors (Lipinski definition) is 6. The summed E-state index contributed by atoms with van der Waals surface area (Å²) in [5, 5.41) is 20.2. The highest BCUT2D eigenvalue weighted by Gasteiger charge is 2.28. The van der Waals surface area contributed by atoms with E-state index in [0.717, 1.165) is 77.3 Å². The van der Waals surface area contributed by atoms with Gasteiger partial charge < -0.3 is 26.0 Å². The molecule has 1 fully saturated rings. The van der Waals surface area contributed by atoms with E-state index in [1.807, 2.05) is 21.1 Å². The van der Waals surface area contributed by atoms with Gasteiger partial charge in [0.05, 0.1) is 22.4 Å². The average molecular weight is 558 g/mol. The number of hydrogen-bond donors (Lipinski definition) is 4. The van der Waals surface area contributed by atoms with Crippen LogP contribution in [0.25, 0.3) is 16.7 Å². The van der Waals surface area contributed by atoms with Crippen molar-refractivity contribution in [3.8, 4) is 5.69 Å². The fourth-order valence-corrected chi connectivity index (χ4v) is 6.28. The molecule has 9 heteroatoms. The number of nitrogens with one attached hydrogen (secondary N) is 3. The average Bonchev–Trinajstić information content (AvgIpc) is 3.16. The second kappa shape index (κ2) is 11.0. The number of rotatable bonds is 9. The Morgan fingerprint density at radius 2 is 1.75 bits per heavy atom. The molecule has 2 aromatic heterocycles. The van der Waals surface area contributed by atoms with Crippen LogP contribution in [0.5, 0.6) is 0 Å². The molecule has 36 heavy (non-hydrogen) atoms. The molecule has 194 valence electrons. The third kappa shape index (κ3) is 4.98. The summed E-state index contributed by atoms with van der Waals surface area (Å²) in [7, 11) is 5.83. The van der Waals surface area contributed by atoms with Crippen molar-refractivity contribution in [1.82, 2.24) is 9.55 Å². The van der Waals surface area contributed by atoms with E-state index in [4.69, 9.17) is 10.1 Å². The molecular weight excluding hydrogens is 520 g/mol. The van der Waals surface area contributed by atoms with Crippen LogP contribution in [0.3, 0.4) is 0 Å². The van der Waals surface area contributed by atoms with Gasteiger partial charge >= 0.3 is 5.97 Å². The third-order valence-corrected chi connectivity index (χ3v) is 7.74. The van der Waals surface area contributed by atoms with Crippen LogP contribution < -0.4 is 20.9 Å². The Morgan fingerprint density at radius 3 is 2.31 bits per heavy atom. The van der Waals surface area contributed by atoms with Crippen LogP contribution in [0.1, 0.15) is 43.2 Å². The highest BCUT2D eigenvalue weighted by Crippen LogP contribution is 2.45. The van der Waals surface area contributed by atoms with Crippen LogP contribution >= 0.6 is 15.9 Å². The molecule has 1 aromatic carbocycles. The number of nitrogens with zero attached hydrogens (tertiary/aromatic N) is 3. The summed E-state index contributed by atoms with van der Waals surface area (Å²) in [6.07, 6.45) is 4.14. The van der Waals surface area contributed by atoms with Gasteiger partial charge in [-0.3, -0.25) is 9.36 Å². The number of aliphatic carboxylic acids is 1. The number of carboxylic acid groups (broad SMARTS) is 1. The Kier molecular flexibility index (Phi) is 7.97. The first-order valence-corrected chi connectivity index (χ1v) is 13.4. The van der Waals surface area contributed by atoms with E-state index in [2.05, 4.69) is 73.4 Å². The fourth-order valence-electron chi connectivity index (χ4n) is 5.59. The predicted molar refractivity (Wildman–Crippen MR) is 153 cm³/mol. The van der Waals surface area contributed by atoms with Crippen molar-refractivity contribution in [2.75, 3.05) is 55.1 Å². The summed E-state index contributed by atoms with van der Waals surface area (Å²) >= 11 is 3.64. The molecule has 0 saturated carbocycles. The molecule has 0 unspecified atom stereocenters. The van der Waals surface area contributed by atoms with E-state index >= 15 is 0 Å². The van der Waals surface area contributed by atoms with Gasteiger partial charge in [0.1, 0.15) is 11.6 Å². The first kappa shape index (κ1) is 26.1. The molecule has 3 aromatic rings. The van der Waals surface area contributed by atoms with E-state index in [1.165, 1.54) is 16.8 Å². The maximum atomic E-state index is 10.9. The fraction of sp³-hybridized carbons (Fsp3) is 0.481. The van der Waals surface area contributed by atoms with Crippen LogP contribution in [0.2, 0.25) is 0 Å². The Balaban J connectivity index is 1.81. The lowest BCUT2D eigenvalue weighted by Gasteiger charge is -2.34. The second-order valence-electron chi connectivity index (χ2n) is 9.64. The molecule has 1 saturated heterocycles. The topological polar surface area (TPSA) is 94.5 Å². The zero-order chi connectivity index (χ0) is 26.0. The smallest absolute Gasteiger partial charge is 0.303 e. The SMILES string of the molecule is CNc1cc(N2CCC(CCCC(=O)O)CC2)c2c(NC)c(NC)n(-c3c(C)cc(Br)cc3C)c2n1. The van der Waals surface area contributed by atoms with Gasteiger partial charge in [-0.1, -0.05) is 15.9 Å². The summed E-state index contributed by atoms with van der Waals surface area (Å²) in [4.78, 5) is 18.4. The molecule has 0 bridgehead atoms. The number of halogens is 1. The van der Waals surface area contributed by atoms with Gasteiger partial charge in [0.2, 0.25) is 0 Å². The third-order valence-electron chi connectivity index (χ3n) is 7.28. The summed E-state index contributed by atoms with van der Waals surface area (Å²) in [6.45, 7) is 6.16. The first-order chi connectivity index (χ1) is 17.3. The minimum Gasteiger partial charge on any atom is -0.481 e. The summed E-state index contributed by atoms with van der Waals surface area (Å²) in [5.74, 6) is 1.69. The van der Waals surface area contributed by atoms with E-state index in [1.54, 1.807) is 0 Å². The van der Waals surface area contributed by atoms with Crippen molar-refractivity contribution >= 4 is 55.9 Å². The largest absolute Gasteiger partial charge is 0.481 e. The normalized spacial score (nSPS) is 14.3.